The van der Waals surface area contributed by atoms with Gasteiger partial charge in [0.15, 0.2) is 5.06 Å². The van der Waals surface area contributed by atoms with E-state index in [1.807, 2.05) is 18.5 Å². The van der Waals surface area contributed by atoms with E-state index in [-0.39, 0.29) is 0 Å². The summed E-state index contributed by atoms with van der Waals surface area (Å²) in [5.74, 6) is 0. The summed E-state index contributed by atoms with van der Waals surface area (Å²) < 4.78 is 6.56. The molecule has 0 aliphatic heterocycles. The van der Waals surface area contributed by atoms with Gasteiger partial charge in [-0.15, -0.1) is 11.3 Å². The Morgan fingerprint density at radius 3 is 3.27 bits per heavy atom. The molecule has 0 atom stereocenters. The van der Waals surface area contributed by atoms with E-state index in [9.17, 15) is 0 Å². The van der Waals surface area contributed by atoms with E-state index in [2.05, 4.69) is 4.98 Å². The fourth-order valence-corrected chi connectivity index (χ4v) is 2.68. The molecule has 0 aliphatic rings. The van der Waals surface area contributed by atoms with E-state index >= 15 is 0 Å². The molecular weight excluding hydrogens is 178 g/mol. The molecule has 0 saturated carbocycles. The van der Waals surface area contributed by atoms with Crippen molar-refractivity contribution in [3.05, 3.63) is 11.6 Å². The van der Waals surface area contributed by atoms with E-state index in [4.69, 9.17) is 4.74 Å². The van der Waals surface area contributed by atoms with Crippen LogP contribution in [0.5, 0.6) is 5.06 Å². The number of hydrogen-bond donors (Lipinski definition) is 0. The second-order valence-corrected chi connectivity index (χ2v) is 3.90. The molecule has 0 radical (unpaired) electrons. The van der Waals surface area contributed by atoms with Crippen LogP contribution in [0.4, 0.5) is 0 Å². The summed E-state index contributed by atoms with van der Waals surface area (Å²) in [7, 11) is 0. The van der Waals surface area contributed by atoms with E-state index in [1.54, 1.807) is 22.7 Å². The first-order valence-electron chi connectivity index (χ1n) is 3.36. The third kappa shape index (κ3) is 1.23. The molecule has 2 aromatic heterocycles. The summed E-state index contributed by atoms with van der Waals surface area (Å²) in [6, 6.07) is 2.04. The molecule has 2 heterocycles. The van der Waals surface area contributed by atoms with Gasteiger partial charge in [0.25, 0.3) is 0 Å². The summed E-state index contributed by atoms with van der Waals surface area (Å²) in [5, 5.41) is 0.974. The van der Waals surface area contributed by atoms with Crippen molar-refractivity contribution in [2.45, 2.75) is 6.92 Å². The highest BCUT2D eigenvalue weighted by Gasteiger charge is 2.02. The third-order valence-electron chi connectivity index (χ3n) is 1.29. The molecule has 0 aromatic carbocycles. The van der Waals surface area contributed by atoms with Crippen molar-refractivity contribution in [3.63, 3.8) is 0 Å². The smallest absolute Gasteiger partial charge is 0.177 e. The monoisotopic (exact) mass is 185 g/mol. The van der Waals surface area contributed by atoms with Gasteiger partial charge in [-0.05, 0) is 6.92 Å². The highest BCUT2D eigenvalue weighted by molar-refractivity contribution is 7.27. The normalized spacial score (nSPS) is 10.6. The molecule has 2 rings (SSSR count). The van der Waals surface area contributed by atoms with Crippen LogP contribution in [0.2, 0.25) is 0 Å². The summed E-state index contributed by atoms with van der Waals surface area (Å²) >= 11 is 3.26. The Morgan fingerprint density at radius 1 is 1.64 bits per heavy atom. The maximum absolute atomic E-state index is 5.33. The lowest BCUT2D eigenvalue weighted by Crippen LogP contribution is -1.86. The van der Waals surface area contributed by atoms with Crippen molar-refractivity contribution in [3.8, 4) is 5.06 Å². The number of fused-ring (bicyclic) bond motifs is 1. The van der Waals surface area contributed by atoms with Crippen molar-refractivity contribution in [1.29, 1.82) is 0 Å². The Labute approximate surface area is 72.5 Å². The number of rotatable bonds is 2. The van der Waals surface area contributed by atoms with Gasteiger partial charge in [0.1, 0.15) is 4.83 Å². The number of thiophene rings is 1. The molecular formula is C7H7NOS2. The molecule has 4 heteroatoms. The van der Waals surface area contributed by atoms with Crippen molar-refractivity contribution in [2.75, 3.05) is 6.61 Å². The van der Waals surface area contributed by atoms with Crippen LogP contribution < -0.4 is 4.74 Å². The average molecular weight is 185 g/mol. The molecule has 58 valence electrons. The van der Waals surface area contributed by atoms with Gasteiger partial charge in [-0.2, -0.15) is 0 Å². The summed E-state index contributed by atoms with van der Waals surface area (Å²) in [6.07, 6.45) is 0. The molecule has 2 nitrogen and oxygen atoms in total. The van der Waals surface area contributed by atoms with Gasteiger partial charge in [0, 0.05) is 6.07 Å². The number of aromatic nitrogens is 1. The first-order chi connectivity index (χ1) is 5.40. The van der Waals surface area contributed by atoms with E-state index in [0.29, 0.717) is 0 Å². The highest BCUT2D eigenvalue weighted by atomic mass is 32.1. The molecule has 0 aliphatic carbocycles. The third-order valence-corrected chi connectivity index (χ3v) is 3.15. The number of nitrogens with zero attached hydrogens (tertiary/aromatic N) is 1. The molecule has 2 aromatic rings. The molecule has 0 fully saturated rings. The molecule has 0 spiro atoms. The van der Waals surface area contributed by atoms with E-state index < -0.39 is 0 Å². The minimum atomic E-state index is 0.730. The van der Waals surface area contributed by atoms with Gasteiger partial charge in [-0.3, -0.25) is 0 Å². The fraction of sp³-hybridized carbons (Fsp3) is 0.286. The lowest BCUT2D eigenvalue weighted by molar-refractivity contribution is 0.350. The number of thiazole rings is 1. The van der Waals surface area contributed by atoms with Crippen LogP contribution in [0.15, 0.2) is 11.6 Å². The Hall–Kier alpha value is -0.610. The Bertz CT molecular complexity index is 323. The Kier molecular flexibility index (Phi) is 1.79. The SMILES string of the molecule is CCOc1cc2scnc2s1. The van der Waals surface area contributed by atoms with Gasteiger partial charge < -0.3 is 4.74 Å². The van der Waals surface area contributed by atoms with E-state index in [0.717, 1.165) is 16.5 Å². The average Bonchev–Trinajstić information content (AvgIpc) is 2.46. The first-order valence-corrected chi connectivity index (χ1v) is 5.05. The van der Waals surface area contributed by atoms with Crippen LogP contribution in [0.3, 0.4) is 0 Å². The Morgan fingerprint density at radius 2 is 2.55 bits per heavy atom. The Balaban J connectivity index is 2.42. The lowest BCUT2D eigenvalue weighted by Gasteiger charge is -1.93. The zero-order chi connectivity index (χ0) is 7.68. The second kappa shape index (κ2) is 2.79. The standard InChI is InChI=1S/C7H7NOS2/c1-2-9-6-3-5-7(11-6)8-4-10-5/h3-4H,2H2,1H3. The summed E-state index contributed by atoms with van der Waals surface area (Å²) in [6.45, 7) is 2.72. The lowest BCUT2D eigenvalue weighted by atomic mass is 10.6. The largest absolute Gasteiger partial charge is 0.484 e. The molecule has 0 amide bonds. The van der Waals surface area contributed by atoms with Crippen molar-refractivity contribution >= 4 is 32.2 Å². The van der Waals surface area contributed by atoms with Crippen molar-refractivity contribution in [2.24, 2.45) is 0 Å². The van der Waals surface area contributed by atoms with Crippen LogP contribution >= 0.6 is 22.7 Å². The zero-order valence-corrected chi connectivity index (χ0v) is 7.67. The molecule has 0 N–H and O–H groups in total. The van der Waals surface area contributed by atoms with E-state index in [1.165, 1.54) is 4.70 Å². The predicted molar refractivity (Wildman–Crippen MR) is 48.7 cm³/mol. The van der Waals surface area contributed by atoms with Crippen molar-refractivity contribution in [1.82, 2.24) is 4.98 Å². The molecule has 0 bridgehead atoms. The quantitative estimate of drug-likeness (QED) is 0.717. The fourth-order valence-electron chi connectivity index (χ4n) is 0.863. The maximum atomic E-state index is 5.33. The van der Waals surface area contributed by atoms with Crippen LogP contribution in [0.25, 0.3) is 9.53 Å². The van der Waals surface area contributed by atoms with Crippen LogP contribution in [-0.2, 0) is 0 Å². The van der Waals surface area contributed by atoms with Gasteiger partial charge in [0.2, 0.25) is 0 Å². The number of hydrogen-bond acceptors (Lipinski definition) is 4. The van der Waals surface area contributed by atoms with Crippen LogP contribution in [-0.4, -0.2) is 11.6 Å². The first kappa shape index (κ1) is 7.06. The van der Waals surface area contributed by atoms with Crippen LogP contribution in [0.1, 0.15) is 6.92 Å². The van der Waals surface area contributed by atoms with Gasteiger partial charge in [0.05, 0.1) is 16.8 Å². The molecule has 0 unspecified atom stereocenters. The second-order valence-electron chi connectivity index (χ2n) is 2.02. The maximum Gasteiger partial charge on any atom is 0.177 e. The topological polar surface area (TPSA) is 22.1 Å². The highest BCUT2D eigenvalue weighted by Crippen LogP contribution is 2.32. The number of ether oxygens (including phenoxy) is 1. The minimum Gasteiger partial charge on any atom is -0.484 e. The predicted octanol–water partition coefficient (Wildman–Crippen LogP) is 2.76. The van der Waals surface area contributed by atoms with Gasteiger partial charge in [-0.1, -0.05) is 11.3 Å². The molecule has 0 saturated heterocycles. The summed E-state index contributed by atoms with van der Waals surface area (Å²) in [4.78, 5) is 5.26. The molecule has 11 heavy (non-hydrogen) atoms. The zero-order valence-electron chi connectivity index (χ0n) is 6.03. The van der Waals surface area contributed by atoms with Crippen LogP contribution in [0, 0.1) is 0 Å². The minimum absolute atomic E-state index is 0.730. The van der Waals surface area contributed by atoms with Gasteiger partial charge in [-0.25, -0.2) is 4.98 Å². The van der Waals surface area contributed by atoms with Gasteiger partial charge >= 0.3 is 0 Å². The van der Waals surface area contributed by atoms with Crippen molar-refractivity contribution < 1.29 is 4.74 Å². The summed E-state index contributed by atoms with van der Waals surface area (Å²) in [5.41, 5.74) is 1.86.